The van der Waals surface area contributed by atoms with Crippen molar-refractivity contribution in [3.8, 4) is 0 Å². The molecule has 136 valence electrons. The summed E-state index contributed by atoms with van der Waals surface area (Å²) in [6.45, 7) is 0. The van der Waals surface area contributed by atoms with E-state index in [1.807, 2.05) is 0 Å². The molecule has 0 unspecified atom stereocenters. The zero-order valence-corrected chi connectivity index (χ0v) is 14.0. The first-order valence-corrected chi connectivity index (χ1v) is 8.38. The van der Waals surface area contributed by atoms with Gasteiger partial charge in [0.2, 0.25) is 11.6 Å². The molecular formula is C16H19N7O3. The summed E-state index contributed by atoms with van der Waals surface area (Å²) in [5, 5.41) is 14.7. The second-order valence-corrected chi connectivity index (χ2v) is 5.95. The first-order valence-electron chi connectivity index (χ1n) is 8.38. The van der Waals surface area contributed by atoms with Crippen LogP contribution in [-0.4, -0.2) is 31.8 Å². The Hall–Kier alpha value is -3.30. The van der Waals surface area contributed by atoms with E-state index in [4.69, 9.17) is 0 Å². The third-order valence-electron chi connectivity index (χ3n) is 4.14. The van der Waals surface area contributed by atoms with E-state index in [9.17, 15) is 14.9 Å². The zero-order valence-electron chi connectivity index (χ0n) is 14.0. The molecule has 0 aliphatic heterocycles. The Balaban J connectivity index is 1.75. The monoisotopic (exact) mass is 357 g/mol. The molecule has 1 aliphatic carbocycles. The minimum absolute atomic E-state index is 0.0902. The van der Waals surface area contributed by atoms with Crippen molar-refractivity contribution in [2.75, 3.05) is 10.7 Å². The van der Waals surface area contributed by atoms with Gasteiger partial charge in [-0.3, -0.25) is 30.7 Å². The van der Waals surface area contributed by atoms with Gasteiger partial charge in [0.25, 0.3) is 5.91 Å². The van der Waals surface area contributed by atoms with Crippen LogP contribution in [0.25, 0.3) is 0 Å². The Labute approximate surface area is 149 Å². The van der Waals surface area contributed by atoms with E-state index in [-0.39, 0.29) is 29.1 Å². The fourth-order valence-corrected chi connectivity index (χ4v) is 2.87. The van der Waals surface area contributed by atoms with Crippen LogP contribution in [0.2, 0.25) is 0 Å². The average Bonchev–Trinajstić information content (AvgIpc) is 2.67. The van der Waals surface area contributed by atoms with E-state index in [0.29, 0.717) is 0 Å². The van der Waals surface area contributed by atoms with Gasteiger partial charge < -0.3 is 5.32 Å². The molecule has 0 bridgehead atoms. The van der Waals surface area contributed by atoms with Crippen LogP contribution in [0.3, 0.4) is 0 Å². The number of nitrogens with zero attached hydrogens (tertiary/aromatic N) is 4. The van der Waals surface area contributed by atoms with Crippen molar-refractivity contribution >= 4 is 23.2 Å². The van der Waals surface area contributed by atoms with Gasteiger partial charge in [-0.05, 0) is 25.0 Å². The van der Waals surface area contributed by atoms with Crippen molar-refractivity contribution in [3.05, 3.63) is 46.5 Å². The van der Waals surface area contributed by atoms with Crippen molar-refractivity contribution in [1.82, 2.24) is 20.4 Å². The van der Waals surface area contributed by atoms with Gasteiger partial charge >= 0.3 is 5.69 Å². The molecule has 0 spiro atoms. The molecule has 3 N–H and O–H groups in total. The molecular weight excluding hydrogens is 338 g/mol. The Kier molecular flexibility index (Phi) is 5.52. The van der Waals surface area contributed by atoms with E-state index < -0.39 is 10.8 Å². The second kappa shape index (κ2) is 8.19. The standard InChI is InChI=1S/C16H19N7O3/c24-16(12-8-4-5-9-17-12)22-21-15-13(23(25)26)14(18-10-19-15)20-11-6-2-1-3-7-11/h4-5,8-11H,1-3,6-7H2,(H,22,24)(H2,18,19,20,21). The van der Waals surface area contributed by atoms with Crippen LogP contribution < -0.4 is 16.2 Å². The van der Waals surface area contributed by atoms with Crippen LogP contribution in [-0.2, 0) is 0 Å². The molecule has 0 saturated heterocycles. The molecule has 3 rings (SSSR count). The lowest BCUT2D eigenvalue weighted by Crippen LogP contribution is -2.31. The Bertz CT molecular complexity index is 779. The Morgan fingerprint density at radius 2 is 1.88 bits per heavy atom. The number of aromatic nitrogens is 3. The van der Waals surface area contributed by atoms with Crippen molar-refractivity contribution in [3.63, 3.8) is 0 Å². The lowest BCUT2D eigenvalue weighted by molar-refractivity contribution is -0.383. The lowest BCUT2D eigenvalue weighted by atomic mass is 9.95. The molecule has 1 saturated carbocycles. The third kappa shape index (κ3) is 4.21. The third-order valence-corrected chi connectivity index (χ3v) is 4.14. The van der Waals surface area contributed by atoms with Gasteiger partial charge in [-0.25, -0.2) is 9.97 Å². The number of amides is 1. The van der Waals surface area contributed by atoms with Crippen LogP contribution >= 0.6 is 0 Å². The number of hydrazine groups is 1. The summed E-state index contributed by atoms with van der Waals surface area (Å²) in [5.41, 5.74) is 4.74. The fourth-order valence-electron chi connectivity index (χ4n) is 2.87. The van der Waals surface area contributed by atoms with Crippen molar-refractivity contribution in [2.45, 2.75) is 38.1 Å². The summed E-state index contributed by atoms with van der Waals surface area (Å²) in [5.74, 6) is -0.473. The summed E-state index contributed by atoms with van der Waals surface area (Å²) in [6.07, 6.45) is 7.93. The average molecular weight is 357 g/mol. The number of anilines is 2. The maximum absolute atomic E-state index is 12.0. The van der Waals surface area contributed by atoms with Gasteiger partial charge in [-0.15, -0.1) is 0 Å². The lowest BCUT2D eigenvalue weighted by Gasteiger charge is -2.23. The summed E-state index contributed by atoms with van der Waals surface area (Å²) in [4.78, 5) is 34.8. The predicted octanol–water partition coefficient (Wildman–Crippen LogP) is 2.28. The molecule has 1 fully saturated rings. The molecule has 0 aromatic carbocycles. The quantitative estimate of drug-likeness (QED) is 0.529. The smallest absolute Gasteiger partial charge is 0.354 e. The summed E-state index contributed by atoms with van der Waals surface area (Å²) in [6, 6.07) is 5.03. The number of rotatable bonds is 6. The highest BCUT2D eigenvalue weighted by molar-refractivity contribution is 5.93. The number of nitrogens with one attached hydrogen (secondary N) is 3. The summed E-state index contributed by atoms with van der Waals surface area (Å²) in [7, 11) is 0. The normalized spacial score (nSPS) is 14.5. The van der Waals surface area contributed by atoms with Crippen LogP contribution in [0.4, 0.5) is 17.3 Å². The molecule has 0 radical (unpaired) electrons. The summed E-state index contributed by atoms with van der Waals surface area (Å²) < 4.78 is 0. The topological polar surface area (TPSA) is 135 Å². The van der Waals surface area contributed by atoms with Gasteiger partial charge in [0.05, 0.1) is 4.92 Å². The van der Waals surface area contributed by atoms with Crippen molar-refractivity contribution in [2.24, 2.45) is 0 Å². The maximum atomic E-state index is 12.0. The van der Waals surface area contributed by atoms with Crippen LogP contribution in [0, 0.1) is 10.1 Å². The number of pyridine rings is 1. The van der Waals surface area contributed by atoms with Crippen LogP contribution in [0.1, 0.15) is 42.6 Å². The first-order chi connectivity index (χ1) is 12.6. The minimum Gasteiger partial charge on any atom is -0.361 e. The fraction of sp³-hybridized carbons (Fsp3) is 0.375. The molecule has 26 heavy (non-hydrogen) atoms. The van der Waals surface area contributed by atoms with E-state index in [1.165, 1.54) is 25.0 Å². The second-order valence-electron chi connectivity index (χ2n) is 5.95. The minimum atomic E-state index is -0.569. The van der Waals surface area contributed by atoms with Gasteiger partial charge in [0.15, 0.2) is 0 Å². The molecule has 2 aromatic rings. The van der Waals surface area contributed by atoms with Gasteiger partial charge in [-0.2, -0.15) is 0 Å². The van der Waals surface area contributed by atoms with Gasteiger partial charge in [0, 0.05) is 12.2 Å². The van der Waals surface area contributed by atoms with E-state index in [0.717, 1.165) is 25.7 Å². The number of nitro groups is 1. The Morgan fingerprint density at radius 1 is 1.12 bits per heavy atom. The molecule has 2 heterocycles. The molecule has 1 aliphatic rings. The predicted molar refractivity (Wildman–Crippen MR) is 94.5 cm³/mol. The Morgan fingerprint density at radius 3 is 2.58 bits per heavy atom. The largest absolute Gasteiger partial charge is 0.361 e. The molecule has 0 atom stereocenters. The number of hydrogen-bond donors (Lipinski definition) is 3. The molecule has 10 heteroatoms. The number of hydrogen-bond acceptors (Lipinski definition) is 8. The maximum Gasteiger partial charge on any atom is 0.354 e. The van der Waals surface area contributed by atoms with Crippen molar-refractivity contribution < 1.29 is 9.72 Å². The zero-order chi connectivity index (χ0) is 18.4. The van der Waals surface area contributed by atoms with E-state index in [2.05, 4.69) is 31.1 Å². The SMILES string of the molecule is O=C(NNc1ncnc(NC2CCCCC2)c1[N+](=O)[O-])c1ccccn1. The number of carbonyl (C=O) groups excluding carboxylic acids is 1. The molecule has 10 nitrogen and oxygen atoms in total. The van der Waals surface area contributed by atoms with E-state index in [1.54, 1.807) is 12.1 Å². The van der Waals surface area contributed by atoms with Crippen molar-refractivity contribution in [1.29, 1.82) is 0 Å². The summed E-state index contributed by atoms with van der Waals surface area (Å²) >= 11 is 0. The van der Waals surface area contributed by atoms with Crippen LogP contribution in [0.15, 0.2) is 30.7 Å². The van der Waals surface area contributed by atoms with Crippen LogP contribution in [0.5, 0.6) is 0 Å². The first kappa shape index (κ1) is 17.5. The molecule has 2 aromatic heterocycles. The molecule has 1 amide bonds. The van der Waals surface area contributed by atoms with Gasteiger partial charge in [-0.1, -0.05) is 25.3 Å². The highest BCUT2D eigenvalue weighted by atomic mass is 16.6. The highest BCUT2D eigenvalue weighted by Gasteiger charge is 2.26. The number of carbonyl (C=O) groups is 1. The van der Waals surface area contributed by atoms with Gasteiger partial charge in [0.1, 0.15) is 12.0 Å². The van der Waals surface area contributed by atoms with E-state index >= 15 is 0 Å². The highest BCUT2D eigenvalue weighted by Crippen LogP contribution is 2.31.